The summed E-state index contributed by atoms with van der Waals surface area (Å²) < 4.78 is 12.4. The van der Waals surface area contributed by atoms with Gasteiger partial charge in [-0.15, -0.1) is 0 Å². The molecule has 0 aromatic heterocycles. The van der Waals surface area contributed by atoms with Gasteiger partial charge in [0, 0.05) is 12.8 Å². The molecule has 0 N–H and O–H groups in total. The quantitative estimate of drug-likeness (QED) is 0.356. The number of rotatable bonds is 13. The van der Waals surface area contributed by atoms with Crippen molar-refractivity contribution >= 4 is 0 Å². The van der Waals surface area contributed by atoms with Gasteiger partial charge in [-0.2, -0.15) is 0 Å². The Morgan fingerprint density at radius 3 is 1.45 bits per heavy atom. The molecule has 1 aliphatic heterocycles. The van der Waals surface area contributed by atoms with Gasteiger partial charge in [0.05, 0.1) is 13.2 Å². The average molecular weight is 313 g/mol. The van der Waals surface area contributed by atoms with Gasteiger partial charge in [0.2, 0.25) is 0 Å². The van der Waals surface area contributed by atoms with Crippen LogP contribution in [0.5, 0.6) is 0 Å². The average Bonchev–Trinajstić information content (AvgIpc) is 2.77. The molecule has 0 spiro atoms. The summed E-state index contributed by atoms with van der Waals surface area (Å²) >= 11 is 0. The number of ether oxygens (including phenoxy) is 2. The zero-order chi connectivity index (χ0) is 15.9. The molecular weight excluding hydrogens is 272 g/mol. The molecule has 0 amide bonds. The highest BCUT2D eigenvalue weighted by Gasteiger charge is 2.32. The molecule has 0 aromatic rings. The normalized spacial score (nSPS) is 18.3. The van der Waals surface area contributed by atoms with Crippen molar-refractivity contribution in [3.8, 4) is 0 Å². The highest BCUT2D eigenvalue weighted by Crippen LogP contribution is 2.31. The van der Waals surface area contributed by atoms with Gasteiger partial charge < -0.3 is 9.47 Å². The molecule has 22 heavy (non-hydrogen) atoms. The van der Waals surface area contributed by atoms with E-state index in [2.05, 4.69) is 13.8 Å². The monoisotopic (exact) mass is 312 g/mol. The Kier molecular flexibility index (Phi) is 12.1. The lowest BCUT2D eigenvalue weighted by Crippen LogP contribution is -2.35. The van der Waals surface area contributed by atoms with E-state index in [0.29, 0.717) is 0 Å². The fourth-order valence-electron chi connectivity index (χ4n) is 3.35. The Morgan fingerprint density at radius 2 is 1.00 bits per heavy atom. The Balaban J connectivity index is 2.27. The van der Waals surface area contributed by atoms with Crippen LogP contribution in [0, 0.1) is 0 Å². The van der Waals surface area contributed by atoms with E-state index in [1.165, 1.54) is 70.6 Å². The maximum atomic E-state index is 6.20. The maximum absolute atomic E-state index is 6.20. The highest BCUT2D eigenvalue weighted by molar-refractivity contribution is 4.73. The summed E-state index contributed by atoms with van der Waals surface area (Å²) in [4.78, 5) is 0. The molecule has 1 fully saturated rings. The Hall–Kier alpha value is -0.0800. The fourth-order valence-corrected chi connectivity index (χ4v) is 3.35. The fraction of sp³-hybridized carbons (Fsp3) is 1.00. The van der Waals surface area contributed by atoms with Crippen molar-refractivity contribution in [2.45, 2.75) is 116 Å². The SMILES string of the molecule is CCCCCCCCC1(CCCCCCC)OCCCCO1. The summed E-state index contributed by atoms with van der Waals surface area (Å²) in [6.45, 7) is 6.34. The third-order valence-electron chi connectivity index (χ3n) is 4.84. The predicted octanol–water partition coefficient (Wildman–Crippen LogP) is 6.62. The van der Waals surface area contributed by atoms with Crippen LogP contribution in [0.3, 0.4) is 0 Å². The van der Waals surface area contributed by atoms with Gasteiger partial charge in [-0.3, -0.25) is 0 Å². The standard InChI is InChI=1S/C20H40O2/c1-3-5-7-9-11-13-17-20(16-12-10-8-6-4-2)21-18-14-15-19-22-20/h3-19H2,1-2H3. The van der Waals surface area contributed by atoms with Gasteiger partial charge >= 0.3 is 0 Å². The van der Waals surface area contributed by atoms with Crippen molar-refractivity contribution in [3.63, 3.8) is 0 Å². The van der Waals surface area contributed by atoms with Crippen LogP contribution in [-0.2, 0) is 9.47 Å². The van der Waals surface area contributed by atoms with Crippen molar-refractivity contribution < 1.29 is 9.47 Å². The van der Waals surface area contributed by atoms with Crippen LogP contribution in [0.1, 0.15) is 110 Å². The summed E-state index contributed by atoms with van der Waals surface area (Å²) in [5.41, 5.74) is 0. The molecule has 0 aromatic carbocycles. The van der Waals surface area contributed by atoms with Crippen LogP contribution < -0.4 is 0 Å². The number of hydrogen-bond acceptors (Lipinski definition) is 2. The largest absolute Gasteiger partial charge is 0.350 e. The second kappa shape index (κ2) is 13.4. The maximum Gasteiger partial charge on any atom is 0.168 e. The molecule has 1 aliphatic rings. The van der Waals surface area contributed by atoms with Gasteiger partial charge in [-0.25, -0.2) is 0 Å². The summed E-state index contributed by atoms with van der Waals surface area (Å²) in [5, 5.41) is 0. The molecule has 1 saturated heterocycles. The van der Waals surface area contributed by atoms with Crippen molar-refractivity contribution in [1.82, 2.24) is 0 Å². The lowest BCUT2D eigenvalue weighted by Gasteiger charge is -2.32. The smallest absolute Gasteiger partial charge is 0.168 e. The van der Waals surface area contributed by atoms with E-state index in [1.807, 2.05) is 0 Å². The zero-order valence-electron chi connectivity index (χ0n) is 15.3. The van der Waals surface area contributed by atoms with E-state index in [1.54, 1.807) is 0 Å². The first-order valence-electron chi connectivity index (χ1n) is 10.1. The summed E-state index contributed by atoms with van der Waals surface area (Å²) in [7, 11) is 0. The van der Waals surface area contributed by atoms with Crippen molar-refractivity contribution in [2.75, 3.05) is 13.2 Å². The van der Waals surface area contributed by atoms with E-state index >= 15 is 0 Å². The topological polar surface area (TPSA) is 18.5 Å². The first-order chi connectivity index (χ1) is 10.8. The Bertz CT molecular complexity index is 232. The van der Waals surface area contributed by atoms with E-state index in [4.69, 9.17) is 9.47 Å². The molecule has 132 valence electrons. The first-order valence-corrected chi connectivity index (χ1v) is 10.1. The third-order valence-corrected chi connectivity index (χ3v) is 4.84. The second-order valence-corrected chi connectivity index (χ2v) is 7.00. The van der Waals surface area contributed by atoms with Crippen LogP contribution in [-0.4, -0.2) is 19.0 Å². The predicted molar refractivity (Wildman–Crippen MR) is 95.2 cm³/mol. The van der Waals surface area contributed by atoms with E-state index in [9.17, 15) is 0 Å². The summed E-state index contributed by atoms with van der Waals surface area (Å²) in [6.07, 6.45) is 19.2. The molecule has 2 heteroatoms. The van der Waals surface area contributed by atoms with Gasteiger partial charge in [0.1, 0.15) is 0 Å². The molecule has 1 rings (SSSR count). The second-order valence-electron chi connectivity index (χ2n) is 7.00. The molecule has 0 radical (unpaired) electrons. The molecule has 1 heterocycles. The van der Waals surface area contributed by atoms with Gasteiger partial charge in [0.25, 0.3) is 0 Å². The highest BCUT2D eigenvalue weighted by atomic mass is 16.7. The molecular formula is C20H40O2. The van der Waals surface area contributed by atoms with Gasteiger partial charge in [-0.05, 0) is 25.7 Å². The summed E-state index contributed by atoms with van der Waals surface area (Å²) in [6, 6.07) is 0. The molecule has 0 saturated carbocycles. The van der Waals surface area contributed by atoms with E-state index in [0.717, 1.165) is 38.9 Å². The minimum atomic E-state index is -0.243. The minimum absolute atomic E-state index is 0.243. The lowest BCUT2D eigenvalue weighted by molar-refractivity contribution is -0.234. The van der Waals surface area contributed by atoms with Crippen molar-refractivity contribution in [3.05, 3.63) is 0 Å². The zero-order valence-corrected chi connectivity index (χ0v) is 15.3. The Labute approximate surface area is 139 Å². The lowest BCUT2D eigenvalue weighted by atomic mass is 9.99. The van der Waals surface area contributed by atoms with Crippen molar-refractivity contribution in [2.24, 2.45) is 0 Å². The number of hydrogen-bond donors (Lipinski definition) is 0. The molecule has 2 nitrogen and oxygen atoms in total. The van der Waals surface area contributed by atoms with Crippen LogP contribution in [0.2, 0.25) is 0 Å². The molecule has 0 bridgehead atoms. The summed E-state index contributed by atoms with van der Waals surface area (Å²) in [5.74, 6) is -0.243. The van der Waals surface area contributed by atoms with Gasteiger partial charge in [0.15, 0.2) is 5.79 Å². The van der Waals surface area contributed by atoms with Crippen molar-refractivity contribution in [1.29, 1.82) is 0 Å². The van der Waals surface area contributed by atoms with E-state index in [-0.39, 0.29) is 5.79 Å². The molecule has 0 atom stereocenters. The minimum Gasteiger partial charge on any atom is -0.350 e. The molecule has 0 aliphatic carbocycles. The first kappa shape index (κ1) is 20.0. The Morgan fingerprint density at radius 1 is 0.591 bits per heavy atom. The third kappa shape index (κ3) is 9.15. The van der Waals surface area contributed by atoms with Crippen LogP contribution in [0.25, 0.3) is 0 Å². The van der Waals surface area contributed by atoms with Crippen LogP contribution >= 0.6 is 0 Å². The van der Waals surface area contributed by atoms with Gasteiger partial charge in [-0.1, -0.05) is 71.6 Å². The number of unbranched alkanes of at least 4 members (excludes halogenated alkanes) is 9. The van der Waals surface area contributed by atoms with Crippen LogP contribution in [0.4, 0.5) is 0 Å². The molecule has 0 unspecified atom stereocenters. The van der Waals surface area contributed by atoms with E-state index < -0.39 is 0 Å². The van der Waals surface area contributed by atoms with Crippen LogP contribution in [0.15, 0.2) is 0 Å².